The molecule has 2 nitrogen and oxygen atoms in total. The van der Waals surface area contributed by atoms with Crippen LogP contribution in [0.1, 0.15) is 23.1 Å². The molecule has 0 aromatic heterocycles. The molecule has 0 saturated carbocycles. The van der Waals surface area contributed by atoms with Crippen LogP contribution in [0.2, 0.25) is 0 Å². The van der Waals surface area contributed by atoms with Crippen molar-refractivity contribution in [1.29, 1.82) is 0 Å². The van der Waals surface area contributed by atoms with Gasteiger partial charge in [-0.1, -0.05) is 48.6 Å². The van der Waals surface area contributed by atoms with E-state index in [0.717, 1.165) is 22.3 Å². The summed E-state index contributed by atoms with van der Waals surface area (Å²) in [5, 5.41) is 20.3. The van der Waals surface area contributed by atoms with E-state index < -0.39 is 5.60 Å². The van der Waals surface area contributed by atoms with Crippen molar-refractivity contribution in [3.63, 3.8) is 0 Å². The molecule has 0 fully saturated rings. The number of aromatic hydroxyl groups is 1. The molecule has 0 radical (unpaired) electrons. The molecule has 1 atom stereocenters. The SMILES string of the molecule is Cc1cc(C2=CCC(O)(c3ccccc3)C=C2)ccc1O. The van der Waals surface area contributed by atoms with Crippen molar-refractivity contribution in [3.05, 3.63) is 83.4 Å². The predicted octanol–water partition coefficient (Wildman–Crippen LogP) is 3.93. The van der Waals surface area contributed by atoms with E-state index in [4.69, 9.17) is 0 Å². The first-order valence-electron chi connectivity index (χ1n) is 7.06. The average Bonchev–Trinajstić information content (AvgIpc) is 2.52. The molecule has 0 saturated heterocycles. The summed E-state index contributed by atoms with van der Waals surface area (Å²) in [5.74, 6) is 0.305. The first-order valence-corrected chi connectivity index (χ1v) is 7.06. The van der Waals surface area contributed by atoms with Crippen molar-refractivity contribution in [2.45, 2.75) is 18.9 Å². The first-order chi connectivity index (χ1) is 10.1. The number of phenols is 1. The lowest BCUT2D eigenvalue weighted by Crippen LogP contribution is -2.23. The predicted molar refractivity (Wildman–Crippen MR) is 84.9 cm³/mol. The Bertz CT molecular complexity index is 714. The molecule has 2 aromatic rings. The summed E-state index contributed by atoms with van der Waals surface area (Å²) in [4.78, 5) is 0. The van der Waals surface area contributed by atoms with Crippen molar-refractivity contribution in [2.75, 3.05) is 0 Å². The highest BCUT2D eigenvalue weighted by Gasteiger charge is 2.27. The maximum absolute atomic E-state index is 10.7. The third kappa shape index (κ3) is 2.63. The van der Waals surface area contributed by atoms with Crippen LogP contribution < -0.4 is 0 Å². The molecule has 2 heteroatoms. The Hall–Kier alpha value is -2.32. The summed E-state index contributed by atoms with van der Waals surface area (Å²) in [5.41, 5.74) is 2.94. The summed E-state index contributed by atoms with van der Waals surface area (Å²) < 4.78 is 0. The van der Waals surface area contributed by atoms with Crippen molar-refractivity contribution < 1.29 is 10.2 Å². The van der Waals surface area contributed by atoms with Crippen LogP contribution in [0.3, 0.4) is 0 Å². The number of phenolic OH excluding ortho intramolecular Hbond substituents is 1. The molecule has 0 bridgehead atoms. The van der Waals surface area contributed by atoms with Crippen LogP contribution in [-0.2, 0) is 5.60 Å². The molecule has 1 aliphatic carbocycles. The minimum absolute atomic E-state index is 0.305. The van der Waals surface area contributed by atoms with Gasteiger partial charge in [-0.25, -0.2) is 0 Å². The molecular weight excluding hydrogens is 260 g/mol. The van der Waals surface area contributed by atoms with Crippen molar-refractivity contribution in [1.82, 2.24) is 0 Å². The van der Waals surface area contributed by atoms with Crippen molar-refractivity contribution >= 4 is 5.57 Å². The van der Waals surface area contributed by atoms with Gasteiger partial charge in [-0.15, -0.1) is 0 Å². The maximum atomic E-state index is 10.7. The van der Waals surface area contributed by atoms with Gasteiger partial charge in [0.1, 0.15) is 11.4 Å². The van der Waals surface area contributed by atoms with Gasteiger partial charge >= 0.3 is 0 Å². The average molecular weight is 278 g/mol. The van der Waals surface area contributed by atoms with Gasteiger partial charge in [0.15, 0.2) is 0 Å². The van der Waals surface area contributed by atoms with E-state index in [-0.39, 0.29) is 0 Å². The van der Waals surface area contributed by atoms with Crippen LogP contribution in [0.4, 0.5) is 0 Å². The number of benzene rings is 2. The standard InChI is InChI=1S/C19H18O2/c1-14-13-16(7-8-18(14)20)15-9-11-19(21,12-10-15)17-5-3-2-4-6-17/h2-11,13,20-21H,12H2,1H3. The fourth-order valence-electron chi connectivity index (χ4n) is 2.62. The Labute approximate surface area is 124 Å². The second-order valence-corrected chi connectivity index (χ2v) is 5.49. The van der Waals surface area contributed by atoms with E-state index in [1.165, 1.54) is 0 Å². The molecule has 3 rings (SSSR count). The Morgan fingerprint density at radius 3 is 2.43 bits per heavy atom. The molecule has 1 unspecified atom stereocenters. The van der Waals surface area contributed by atoms with Crippen LogP contribution in [0, 0.1) is 6.92 Å². The summed E-state index contributed by atoms with van der Waals surface area (Å²) in [6.45, 7) is 1.88. The fraction of sp³-hybridized carbons (Fsp3) is 0.158. The largest absolute Gasteiger partial charge is 0.508 e. The summed E-state index contributed by atoms with van der Waals surface area (Å²) in [7, 11) is 0. The van der Waals surface area contributed by atoms with Gasteiger partial charge in [-0.05, 0) is 47.4 Å². The van der Waals surface area contributed by atoms with E-state index in [1.54, 1.807) is 6.07 Å². The molecule has 0 spiro atoms. The lowest BCUT2D eigenvalue weighted by atomic mass is 9.84. The Morgan fingerprint density at radius 2 is 1.81 bits per heavy atom. The van der Waals surface area contributed by atoms with Gasteiger partial charge in [0.2, 0.25) is 0 Å². The minimum Gasteiger partial charge on any atom is -0.508 e. The fourth-order valence-corrected chi connectivity index (χ4v) is 2.62. The van der Waals surface area contributed by atoms with Gasteiger partial charge in [0.05, 0.1) is 0 Å². The third-order valence-corrected chi connectivity index (χ3v) is 3.98. The monoisotopic (exact) mass is 278 g/mol. The van der Waals surface area contributed by atoms with E-state index in [1.807, 2.05) is 67.6 Å². The second kappa shape index (κ2) is 5.23. The maximum Gasteiger partial charge on any atom is 0.118 e. The lowest BCUT2D eigenvalue weighted by molar-refractivity contribution is 0.0920. The highest BCUT2D eigenvalue weighted by molar-refractivity contribution is 5.76. The van der Waals surface area contributed by atoms with Crippen LogP contribution in [0.5, 0.6) is 5.75 Å². The number of hydrogen-bond donors (Lipinski definition) is 2. The van der Waals surface area contributed by atoms with Crippen molar-refractivity contribution in [3.8, 4) is 5.75 Å². The Kier molecular flexibility index (Phi) is 3.40. The molecule has 1 aliphatic rings. The molecule has 2 N–H and O–H groups in total. The third-order valence-electron chi connectivity index (χ3n) is 3.98. The van der Waals surface area contributed by atoms with Crippen LogP contribution >= 0.6 is 0 Å². The molecule has 106 valence electrons. The highest BCUT2D eigenvalue weighted by Crippen LogP contribution is 2.34. The second-order valence-electron chi connectivity index (χ2n) is 5.49. The van der Waals surface area contributed by atoms with Gasteiger partial charge in [0.25, 0.3) is 0 Å². The topological polar surface area (TPSA) is 40.5 Å². The van der Waals surface area contributed by atoms with E-state index in [9.17, 15) is 10.2 Å². The Balaban J connectivity index is 1.88. The van der Waals surface area contributed by atoms with Crippen LogP contribution in [0.15, 0.2) is 66.8 Å². The highest BCUT2D eigenvalue weighted by atomic mass is 16.3. The normalized spacial score (nSPS) is 21.1. The molecule has 0 aliphatic heterocycles. The number of aryl methyl sites for hydroxylation is 1. The number of allylic oxidation sites excluding steroid dienone is 2. The quantitative estimate of drug-likeness (QED) is 0.873. The first kappa shape index (κ1) is 13.7. The summed E-state index contributed by atoms with van der Waals surface area (Å²) >= 11 is 0. The summed E-state index contributed by atoms with van der Waals surface area (Å²) in [6, 6.07) is 15.2. The lowest BCUT2D eigenvalue weighted by Gasteiger charge is -2.27. The zero-order valence-electron chi connectivity index (χ0n) is 12.0. The number of rotatable bonds is 2. The number of aliphatic hydroxyl groups is 1. The summed E-state index contributed by atoms with van der Waals surface area (Å²) in [6.07, 6.45) is 6.38. The number of hydrogen-bond acceptors (Lipinski definition) is 2. The molecule has 2 aromatic carbocycles. The van der Waals surface area contributed by atoms with Crippen molar-refractivity contribution in [2.24, 2.45) is 0 Å². The zero-order valence-corrected chi connectivity index (χ0v) is 12.0. The smallest absolute Gasteiger partial charge is 0.118 e. The van der Waals surface area contributed by atoms with Gasteiger partial charge in [-0.3, -0.25) is 0 Å². The van der Waals surface area contributed by atoms with E-state index >= 15 is 0 Å². The van der Waals surface area contributed by atoms with Gasteiger partial charge in [-0.2, -0.15) is 0 Å². The Morgan fingerprint density at radius 1 is 1.05 bits per heavy atom. The van der Waals surface area contributed by atoms with E-state index in [2.05, 4.69) is 0 Å². The van der Waals surface area contributed by atoms with E-state index in [0.29, 0.717) is 12.2 Å². The molecule has 0 amide bonds. The van der Waals surface area contributed by atoms with Gasteiger partial charge < -0.3 is 10.2 Å². The van der Waals surface area contributed by atoms with Gasteiger partial charge in [0, 0.05) is 6.42 Å². The molecule has 21 heavy (non-hydrogen) atoms. The van der Waals surface area contributed by atoms with Crippen LogP contribution in [-0.4, -0.2) is 10.2 Å². The zero-order chi connectivity index (χ0) is 14.9. The molecular formula is C19H18O2. The molecule has 0 heterocycles. The van der Waals surface area contributed by atoms with Crippen LogP contribution in [0.25, 0.3) is 5.57 Å². The minimum atomic E-state index is -0.934.